The van der Waals surface area contributed by atoms with Crippen LogP contribution >= 0.6 is 0 Å². The van der Waals surface area contributed by atoms with E-state index in [0.29, 0.717) is 5.57 Å². The molecule has 29 heavy (non-hydrogen) atoms. The Balaban J connectivity index is 1.46. The molecule has 0 atom stereocenters. The summed E-state index contributed by atoms with van der Waals surface area (Å²) < 4.78 is 0. The topological polar surface area (TPSA) is 64.7 Å². The fourth-order valence-corrected chi connectivity index (χ4v) is 3.19. The maximum atomic E-state index is 12.2. The number of hydrogen-bond donors (Lipinski definition) is 2. The van der Waals surface area contributed by atoms with Gasteiger partial charge in [-0.15, -0.1) is 0 Å². The fraction of sp³-hybridized carbons (Fsp3) is 0.304. The van der Waals surface area contributed by atoms with Crippen LogP contribution in [0.4, 0.5) is 11.4 Å². The Morgan fingerprint density at radius 2 is 1.62 bits per heavy atom. The van der Waals surface area contributed by atoms with Gasteiger partial charge in [-0.1, -0.05) is 30.3 Å². The highest BCUT2D eigenvalue weighted by molar-refractivity contribution is 6.01. The molecule has 1 saturated heterocycles. The van der Waals surface area contributed by atoms with Gasteiger partial charge in [0.2, 0.25) is 11.8 Å². The van der Waals surface area contributed by atoms with Crippen LogP contribution in [0.25, 0.3) is 6.08 Å². The van der Waals surface area contributed by atoms with Gasteiger partial charge in [0.1, 0.15) is 0 Å². The molecule has 0 aliphatic carbocycles. The predicted octanol–water partition coefficient (Wildman–Crippen LogP) is 2.60. The van der Waals surface area contributed by atoms with E-state index in [0.717, 1.165) is 43.1 Å². The lowest BCUT2D eigenvalue weighted by molar-refractivity contribution is -0.121. The van der Waals surface area contributed by atoms with Gasteiger partial charge in [-0.25, -0.2) is 0 Å². The SMILES string of the molecule is C/C(=C\c1ccccc1)C(=O)NCC(=O)Nc1ccc(N2CCN(C)CC2)cc1. The Morgan fingerprint density at radius 3 is 2.28 bits per heavy atom. The first-order chi connectivity index (χ1) is 14.0. The van der Waals surface area contributed by atoms with Gasteiger partial charge in [0.05, 0.1) is 6.54 Å². The lowest BCUT2D eigenvalue weighted by Gasteiger charge is -2.34. The molecule has 2 aromatic carbocycles. The molecule has 3 rings (SSSR count). The lowest BCUT2D eigenvalue weighted by atomic mass is 10.1. The molecule has 6 nitrogen and oxygen atoms in total. The lowest BCUT2D eigenvalue weighted by Crippen LogP contribution is -2.44. The van der Waals surface area contributed by atoms with Gasteiger partial charge in [-0.05, 0) is 49.9 Å². The summed E-state index contributed by atoms with van der Waals surface area (Å²) in [5.74, 6) is -0.507. The minimum absolute atomic E-state index is 0.0704. The van der Waals surface area contributed by atoms with Crippen molar-refractivity contribution in [2.75, 3.05) is 50.0 Å². The maximum absolute atomic E-state index is 12.2. The smallest absolute Gasteiger partial charge is 0.247 e. The highest BCUT2D eigenvalue weighted by atomic mass is 16.2. The Bertz CT molecular complexity index is 854. The van der Waals surface area contributed by atoms with Crippen LogP contribution < -0.4 is 15.5 Å². The van der Waals surface area contributed by atoms with E-state index in [1.807, 2.05) is 54.6 Å². The number of carbonyl (C=O) groups is 2. The van der Waals surface area contributed by atoms with Gasteiger partial charge < -0.3 is 20.4 Å². The third kappa shape index (κ3) is 6.19. The van der Waals surface area contributed by atoms with E-state index in [9.17, 15) is 9.59 Å². The van der Waals surface area contributed by atoms with E-state index in [2.05, 4.69) is 27.5 Å². The second-order valence-corrected chi connectivity index (χ2v) is 7.31. The molecule has 0 aromatic heterocycles. The minimum atomic E-state index is -0.255. The van der Waals surface area contributed by atoms with Crippen LogP contribution in [0.15, 0.2) is 60.2 Å². The van der Waals surface area contributed by atoms with E-state index >= 15 is 0 Å². The molecule has 6 heteroatoms. The van der Waals surface area contributed by atoms with Crippen molar-refractivity contribution < 1.29 is 9.59 Å². The van der Waals surface area contributed by atoms with Gasteiger partial charge in [0.15, 0.2) is 0 Å². The molecule has 1 aliphatic heterocycles. The molecule has 2 amide bonds. The number of anilines is 2. The van der Waals surface area contributed by atoms with Crippen molar-refractivity contribution in [2.24, 2.45) is 0 Å². The highest BCUT2D eigenvalue weighted by Gasteiger charge is 2.14. The van der Waals surface area contributed by atoms with E-state index < -0.39 is 0 Å². The molecular formula is C23H28N4O2. The van der Waals surface area contributed by atoms with Crippen LogP contribution in [0, 0.1) is 0 Å². The molecule has 1 aliphatic rings. The minimum Gasteiger partial charge on any atom is -0.369 e. The van der Waals surface area contributed by atoms with E-state index in [4.69, 9.17) is 0 Å². The number of rotatable bonds is 6. The second-order valence-electron chi connectivity index (χ2n) is 7.31. The largest absolute Gasteiger partial charge is 0.369 e. The van der Waals surface area contributed by atoms with Gasteiger partial charge in [-0.2, -0.15) is 0 Å². The van der Waals surface area contributed by atoms with Crippen LogP contribution in [0.3, 0.4) is 0 Å². The first-order valence-electron chi connectivity index (χ1n) is 9.86. The zero-order valence-electron chi connectivity index (χ0n) is 17.0. The van der Waals surface area contributed by atoms with Crippen molar-refractivity contribution in [3.05, 3.63) is 65.7 Å². The highest BCUT2D eigenvalue weighted by Crippen LogP contribution is 2.19. The summed E-state index contributed by atoms with van der Waals surface area (Å²) in [5.41, 5.74) is 3.38. The number of amides is 2. The average Bonchev–Trinajstić information content (AvgIpc) is 2.74. The third-order valence-electron chi connectivity index (χ3n) is 4.97. The van der Waals surface area contributed by atoms with Crippen LogP contribution in [-0.4, -0.2) is 56.5 Å². The monoisotopic (exact) mass is 392 g/mol. The summed E-state index contributed by atoms with van der Waals surface area (Å²) in [6.45, 7) is 5.77. The number of benzene rings is 2. The normalized spacial score (nSPS) is 15.1. The molecule has 1 heterocycles. The van der Waals surface area contributed by atoms with Crippen LogP contribution in [0.1, 0.15) is 12.5 Å². The number of piperazine rings is 1. The molecular weight excluding hydrogens is 364 g/mol. The van der Waals surface area contributed by atoms with Gasteiger partial charge >= 0.3 is 0 Å². The molecule has 0 spiro atoms. The van der Waals surface area contributed by atoms with Crippen molar-refractivity contribution in [1.29, 1.82) is 0 Å². The summed E-state index contributed by atoms with van der Waals surface area (Å²) in [6, 6.07) is 17.4. The summed E-state index contributed by atoms with van der Waals surface area (Å²) in [4.78, 5) is 29.0. The van der Waals surface area contributed by atoms with Crippen molar-refractivity contribution in [2.45, 2.75) is 6.92 Å². The zero-order chi connectivity index (χ0) is 20.6. The summed E-state index contributed by atoms with van der Waals surface area (Å²) in [7, 11) is 2.13. The van der Waals surface area contributed by atoms with Gasteiger partial charge in [-0.3, -0.25) is 9.59 Å². The van der Waals surface area contributed by atoms with Gasteiger partial charge in [0, 0.05) is 43.1 Å². The third-order valence-corrected chi connectivity index (χ3v) is 4.97. The molecule has 0 bridgehead atoms. The molecule has 152 valence electrons. The van der Waals surface area contributed by atoms with Crippen LogP contribution in [0.5, 0.6) is 0 Å². The van der Waals surface area contributed by atoms with Crippen LogP contribution in [-0.2, 0) is 9.59 Å². The van der Waals surface area contributed by atoms with Crippen LogP contribution in [0.2, 0.25) is 0 Å². The molecule has 0 saturated carbocycles. The standard InChI is InChI=1S/C23H28N4O2/c1-18(16-19-6-4-3-5-7-19)23(29)24-17-22(28)25-20-8-10-21(11-9-20)27-14-12-26(2)13-15-27/h3-11,16H,12-15,17H2,1-2H3,(H,24,29)(H,25,28)/b18-16+. The number of hydrogen-bond acceptors (Lipinski definition) is 4. The zero-order valence-corrected chi connectivity index (χ0v) is 17.0. The molecule has 0 radical (unpaired) electrons. The first-order valence-corrected chi connectivity index (χ1v) is 9.86. The van der Waals surface area contributed by atoms with E-state index in [-0.39, 0.29) is 18.4 Å². The quantitative estimate of drug-likeness (QED) is 0.742. The number of nitrogens with one attached hydrogen (secondary N) is 2. The van der Waals surface area contributed by atoms with Crippen molar-refractivity contribution >= 4 is 29.3 Å². The summed E-state index contributed by atoms with van der Waals surface area (Å²) in [5, 5.41) is 5.48. The van der Waals surface area contributed by atoms with E-state index in [1.165, 1.54) is 0 Å². The predicted molar refractivity (Wildman–Crippen MR) is 118 cm³/mol. The van der Waals surface area contributed by atoms with E-state index in [1.54, 1.807) is 13.0 Å². The molecule has 2 aromatic rings. The fourth-order valence-electron chi connectivity index (χ4n) is 3.19. The summed E-state index contributed by atoms with van der Waals surface area (Å²) in [6.07, 6.45) is 1.80. The van der Waals surface area contributed by atoms with Crippen molar-refractivity contribution in [1.82, 2.24) is 10.2 Å². The van der Waals surface area contributed by atoms with Crippen molar-refractivity contribution in [3.8, 4) is 0 Å². The Kier molecular flexibility index (Phi) is 7.03. The maximum Gasteiger partial charge on any atom is 0.247 e. The number of nitrogens with zero attached hydrogens (tertiary/aromatic N) is 2. The van der Waals surface area contributed by atoms with Gasteiger partial charge in [0.25, 0.3) is 0 Å². The Labute approximate surface area is 172 Å². The number of likely N-dealkylation sites (N-methyl/N-ethyl adjacent to an activating group) is 1. The summed E-state index contributed by atoms with van der Waals surface area (Å²) >= 11 is 0. The van der Waals surface area contributed by atoms with Crippen molar-refractivity contribution in [3.63, 3.8) is 0 Å². The molecule has 0 unspecified atom stereocenters. The Hall–Kier alpha value is -3.12. The first kappa shape index (κ1) is 20.6. The molecule has 1 fully saturated rings. The second kappa shape index (κ2) is 9.89. The number of carbonyl (C=O) groups excluding carboxylic acids is 2. The average molecular weight is 393 g/mol. The Morgan fingerprint density at radius 1 is 0.966 bits per heavy atom. The molecule has 2 N–H and O–H groups in total.